The van der Waals surface area contributed by atoms with E-state index in [9.17, 15) is 0 Å². The zero-order valence-corrected chi connectivity index (χ0v) is 11.0. The molecular formula is C10H22BN3O3. The van der Waals surface area contributed by atoms with Crippen LogP contribution in [0.5, 0.6) is 0 Å². The summed E-state index contributed by atoms with van der Waals surface area (Å²) in [6, 6.07) is 0.279. The van der Waals surface area contributed by atoms with Gasteiger partial charge in [0.25, 0.3) is 0 Å². The Hall–Kier alpha value is -0.175. The first-order valence-corrected chi connectivity index (χ1v) is 5.98. The van der Waals surface area contributed by atoms with Crippen molar-refractivity contribution in [2.45, 2.75) is 30.0 Å². The van der Waals surface area contributed by atoms with Gasteiger partial charge in [-0.1, -0.05) is 0 Å². The minimum atomic E-state index is -0.387. The monoisotopic (exact) mass is 243 g/mol. The Morgan fingerprint density at radius 1 is 1.65 bits per heavy atom. The van der Waals surface area contributed by atoms with Gasteiger partial charge in [0.05, 0.1) is 12.6 Å². The molecule has 2 fully saturated rings. The molecule has 0 aliphatic carbocycles. The number of methoxy groups -OCH3 is 2. The molecule has 3 N–H and O–H groups in total. The first-order valence-electron chi connectivity index (χ1n) is 5.98. The normalized spacial score (nSPS) is 43.2. The molecule has 98 valence electrons. The maximum atomic E-state index is 6.06. The van der Waals surface area contributed by atoms with Crippen LogP contribution in [0.15, 0.2) is 0 Å². The van der Waals surface area contributed by atoms with Gasteiger partial charge in [-0.05, 0) is 7.05 Å². The van der Waals surface area contributed by atoms with Crippen molar-refractivity contribution in [1.29, 1.82) is 0 Å². The number of hydrogen-bond donors (Lipinski definition) is 2. The fourth-order valence-corrected chi connectivity index (χ4v) is 3.26. The van der Waals surface area contributed by atoms with E-state index in [4.69, 9.17) is 19.9 Å². The summed E-state index contributed by atoms with van der Waals surface area (Å²) in [6.45, 7) is 1.26. The fraction of sp³-hybridized carbons (Fsp3) is 1.00. The molecule has 2 rings (SSSR count). The summed E-state index contributed by atoms with van der Waals surface area (Å²) in [5, 5.41) is 3.07. The molecule has 3 unspecified atom stereocenters. The first-order chi connectivity index (χ1) is 8.09. The molecule has 7 heteroatoms. The van der Waals surface area contributed by atoms with Gasteiger partial charge in [0, 0.05) is 26.8 Å². The minimum absolute atomic E-state index is 0.0110. The number of nitrogens with zero attached hydrogens (tertiary/aromatic N) is 1. The predicted molar refractivity (Wildman–Crippen MR) is 66.4 cm³/mol. The van der Waals surface area contributed by atoms with Gasteiger partial charge in [-0.3, -0.25) is 10.2 Å². The predicted octanol–water partition coefficient (Wildman–Crippen LogP) is -2.48. The van der Waals surface area contributed by atoms with Crippen molar-refractivity contribution in [2.75, 3.05) is 34.4 Å². The molecule has 0 aromatic carbocycles. The molecule has 2 heterocycles. The highest BCUT2D eigenvalue weighted by Crippen LogP contribution is 2.42. The van der Waals surface area contributed by atoms with Crippen molar-refractivity contribution in [2.24, 2.45) is 5.73 Å². The first kappa shape index (κ1) is 13.3. The van der Waals surface area contributed by atoms with Gasteiger partial charge in [0.1, 0.15) is 25.8 Å². The highest BCUT2D eigenvalue weighted by Gasteiger charge is 2.63. The van der Waals surface area contributed by atoms with Gasteiger partial charge in [0.15, 0.2) is 0 Å². The van der Waals surface area contributed by atoms with Crippen LogP contribution in [0.1, 0.15) is 0 Å². The van der Waals surface area contributed by atoms with Crippen molar-refractivity contribution in [3.05, 3.63) is 0 Å². The van der Waals surface area contributed by atoms with Crippen molar-refractivity contribution in [1.82, 2.24) is 10.2 Å². The second-order valence-electron chi connectivity index (χ2n) is 4.87. The molecule has 2 aliphatic heterocycles. The average molecular weight is 243 g/mol. The third kappa shape index (κ3) is 1.91. The number of rotatable bonds is 5. The third-order valence-electron chi connectivity index (χ3n) is 3.86. The van der Waals surface area contributed by atoms with E-state index in [0.29, 0.717) is 6.61 Å². The molecule has 2 saturated heterocycles. The largest absolute Gasteiger partial charge is 0.382 e. The van der Waals surface area contributed by atoms with Crippen molar-refractivity contribution < 1.29 is 14.2 Å². The maximum Gasteiger partial charge on any atom is 0.141 e. The topological polar surface area (TPSA) is 69.0 Å². The van der Waals surface area contributed by atoms with Gasteiger partial charge >= 0.3 is 0 Å². The van der Waals surface area contributed by atoms with Crippen molar-refractivity contribution in [3.8, 4) is 0 Å². The van der Waals surface area contributed by atoms with Crippen molar-refractivity contribution >= 4 is 7.85 Å². The Kier molecular flexibility index (Phi) is 3.77. The number of nitrogens with two attached hydrogens (primary N) is 1. The van der Waals surface area contributed by atoms with Crippen LogP contribution in [-0.4, -0.2) is 77.2 Å². The van der Waals surface area contributed by atoms with Crippen LogP contribution >= 0.6 is 0 Å². The Morgan fingerprint density at radius 2 is 2.35 bits per heavy atom. The summed E-state index contributed by atoms with van der Waals surface area (Å²) >= 11 is 0. The molecule has 6 nitrogen and oxygen atoms in total. The summed E-state index contributed by atoms with van der Waals surface area (Å²) in [4.78, 5) is 2.20. The number of likely N-dealkylation sites (tertiary alicyclic amines) is 1. The summed E-state index contributed by atoms with van der Waals surface area (Å²) in [5.74, 6) is 0. The third-order valence-corrected chi connectivity index (χ3v) is 3.86. The van der Waals surface area contributed by atoms with Crippen LogP contribution in [0.4, 0.5) is 0 Å². The number of ether oxygens (including phenoxy) is 3. The van der Waals surface area contributed by atoms with Gasteiger partial charge in [-0.25, -0.2) is 0 Å². The lowest BCUT2D eigenvalue weighted by Gasteiger charge is -2.38. The summed E-state index contributed by atoms with van der Waals surface area (Å²) in [7, 11) is 7.32. The van der Waals surface area contributed by atoms with E-state index in [2.05, 4.69) is 18.1 Å². The van der Waals surface area contributed by atoms with Crippen LogP contribution in [0.2, 0.25) is 0 Å². The second kappa shape index (κ2) is 4.83. The molecule has 2 bridgehead atoms. The quantitative estimate of drug-likeness (QED) is 0.412. The van der Waals surface area contributed by atoms with E-state index < -0.39 is 0 Å². The van der Waals surface area contributed by atoms with Crippen LogP contribution in [-0.2, 0) is 14.2 Å². The Balaban J connectivity index is 2.23. The standard InChI is InChI=1S/C10H22BN3O3/c1-13-9(12)14-4-10(5-15-2)7(16-3)6(14)8(11)17-10/h6-9,13H,4-5,11-12H2,1-3H3/t6?,7?,8-,9?,10+/m1/s1. The number of morpholine rings is 1. The summed E-state index contributed by atoms with van der Waals surface area (Å²) in [5.41, 5.74) is 5.68. The highest BCUT2D eigenvalue weighted by atomic mass is 16.6. The summed E-state index contributed by atoms with van der Waals surface area (Å²) in [6.07, 6.45) is -0.167. The fourth-order valence-electron chi connectivity index (χ4n) is 3.26. The average Bonchev–Trinajstić information content (AvgIpc) is 2.76. The molecule has 0 aromatic rings. The van der Waals surface area contributed by atoms with Crippen molar-refractivity contribution in [3.63, 3.8) is 0 Å². The molecule has 0 saturated carbocycles. The molecule has 0 amide bonds. The van der Waals surface area contributed by atoms with E-state index in [1.807, 2.05) is 7.05 Å². The molecule has 0 radical (unpaired) electrons. The number of nitrogens with one attached hydrogen (secondary N) is 1. The van der Waals surface area contributed by atoms with E-state index in [0.717, 1.165) is 6.54 Å². The number of fused-ring (bicyclic) bond motifs is 2. The molecule has 0 aromatic heterocycles. The van der Waals surface area contributed by atoms with Crippen LogP contribution in [0.3, 0.4) is 0 Å². The molecular weight excluding hydrogens is 221 g/mol. The van der Waals surface area contributed by atoms with E-state index in [1.165, 1.54) is 0 Å². The van der Waals surface area contributed by atoms with Gasteiger partial charge in [0.2, 0.25) is 0 Å². The van der Waals surface area contributed by atoms with Gasteiger partial charge in [-0.15, -0.1) is 0 Å². The lowest BCUT2D eigenvalue weighted by Crippen LogP contribution is -2.59. The van der Waals surface area contributed by atoms with Gasteiger partial charge in [-0.2, -0.15) is 0 Å². The number of hydrogen-bond acceptors (Lipinski definition) is 6. The molecule has 2 aliphatic rings. The van der Waals surface area contributed by atoms with E-state index in [1.54, 1.807) is 14.2 Å². The lowest BCUT2D eigenvalue weighted by molar-refractivity contribution is -0.124. The van der Waals surface area contributed by atoms with Gasteiger partial charge < -0.3 is 19.9 Å². The Morgan fingerprint density at radius 3 is 2.88 bits per heavy atom. The second-order valence-corrected chi connectivity index (χ2v) is 4.87. The molecule has 17 heavy (non-hydrogen) atoms. The van der Waals surface area contributed by atoms with E-state index >= 15 is 0 Å². The SMILES string of the molecule is B[C@@H]1O[C@]2(COC)CN(C(N)NC)C1C2OC. The lowest BCUT2D eigenvalue weighted by atomic mass is 9.90. The zero-order chi connectivity index (χ0) is 12.6. The highest BCUT2D eigenvalue weighted by molar-refractivity contribution is 6.12. The van der Waals surface area contributed by atoms with E-state index in [-0.39, 0.29) is 30.0 Å². The smallest absolute Gasteiger partial charge is 0.141 e. The maximum absolute atomic E-state index is 6.06. The van der Waals surface area contributed by atoms with Crippen LogP contribution < -0.4 is 11.1 Å². The minimum Gasteiger partial charge on any atom is -0.382 e. The molecule has 0 spiro atoms. The Bertz CT molecular complexity index is 284. The van der Waals surface area contributed by atoms with Crippen LogP contribution in [0, 0.1) is 0 Å². The molecule has 5 atom stereocenters. The van der Waals surface area contributed by atoms with Crippen LogP contribution in [0.25, 0.3) is 0 Å². The summed E-state index contributed by atoms with van der Waals surface area (Å²) < 4.78 is 17.0. The zero-order valence-electron chi connectivity index (χ0n) is 11.0. The Labute approximate surface area is 103 Å².